The molecule has 6 heteroatoms. The van der Waals surface area contributed by atoms with Crippen molar-refractivity contribution in [2.75, 3.05) is 25.6 Å². The fourth-order valence-corrected chi connectivity index (χ4v) is 0.944. The van der Waals surface area contributed by atoms with Gasteiger partial charge in [0, 0.05) is 25.3 Å². The van der Waals surface area contributed by atoms with Crippen LogP contribution in [0.2, 0.25) is 0 Å². The molecule has 0 fully saturated rings. The van der Waals surface area contributed by atoms with Crippen molar-refractivity contribution in [3.05, 3.63) is 18.3 Å². The van der Waals surface area contributed by atoms with Crippen LogP contribution < -0.4 is 10.8 Å². The zero-order valence-corrected chi connectivity index (χ0v) is 7.97. The molecular formula is C8H13BN2O3. The molecule has 0 radical (unpaired) electrons. The molecule has 0 aliphatic rings. The Kier molecular flexibility index (Phi) is 4.38. The first-order valence-corrected chi connectivity index (χ1v) is 4.29. The molecule has 3 N–H and O–H groups in total. The topological polar surface area (TPSA) is 74.6 Å². The van der Waals surface area contributed by atoms with Gasteiger partial charge < -0.3 is 20.1 Å². The van der Waals surface area contributed by atoms with Gasteiger partial charge in [0.1, 0.15) is 5.82 Å². The summed E-state index contributed by atoms with van der Waals surface area (Å²) >= 11 is 0. The van der Waals surface area contributed by atoms with Crippen LogP contribution in [0.3, 0.4) is 0 Å². The Labute approximate surface area is 82.9 Å². The van der Waals surface area contributed by atoms with Crippen molar-refractivity contribution >= 4 is 18.4 Å². The molecule has 1 rings (SSSR count). The molecular weight excluding hydrogens is 183 g/mol. The molecule has 0 saturated heterocycles. The Morgan fingerprint density at radius 3 is 2.79 bits per heavy atom. The van der Waals surface area contributed by atoms with E-state index in [1.165, 1.54) is 6.20 Å². The SMILES string of the molecule is COCCNc1ccc(B(O)O)cn1. The number of hydrogen-bond donors (Lipinski definition) is 3. The van der Waals surface area contributed by atoms with Gasteiger partial charge in [0.05, 0.1) is 6.61 Å². The molecule has 0 spiro atoms. The molecule has 1 heterocycles. The van der Waals surface area contributed by atoms with E-state index >= 15 is 0 Å². The molecule has 14 heavy (non-hydrogen) atoms. The van der Waals surface area contributed by atoms with E-state index in [1.54, 1.807) is 19.2 Å². The minimum atomic E-state index is -1.46. The number of aromatic nitrogens is 1. The Hall–Kier alpha value is -1.11. The Balaban J connectivity index is 2.47. The Morgan fingerprint density at radius 2 is 2.29 bits per heavy atom. The average molecular weight is 196 g/mol. The molecule has 0 aromatic carbocycles. The first-order valence-electron chi connectivity index (χ1n) is 4.29. The summed E-state index contributed by atoms with van der Waals surface area (Å²) in [5.74, 6) is 0.687. The standard InChI is InChI=1S/C8H13BN2O3/c1-14-5-4-10-8-3-2-7(6-11-8)9(12)13/h2-3,6,12-13H,4-5H2,1H3,(H,10,11). The highest BCUT2D eigenvalue weighted by Crippen LogP contribution is 1.97. The molecule has 76 valence electrons. The number of rotatable bonds is 5. The van der Waals surface area contributed by atoms with Crippen LogP contribution in [-0.2, 0) is 4.74 Å². The molecule has 0 unspecified atom stereocenters. The maximum atomic E-state index is 8.80. The fraction of sp³-hybridized carbons (Fsp3) is 0.375. The number of pyridine rings is 1. The third kappa shape index (κ3) is 3.33. The molecule has 0 saturated carbocycles. The third-order valence-corrected chi connectivity index (χ3v) is 1.70. The van der Waals surface area contributed by atoms with Gasteiger partial charge in [0.2, 0.25) is 0 Å². The first-order chi connectivity index (χ1) is 6.74. The van der Waals surface area contributed by atoms with E-state index in [9.17, 15) is 0 Å². The normalized spacial score (nSPS) is 9.93. The molecule has 0 atom stereocenters. The van der Waals surface area contributed by atoms with E-state index < -0.39 is 7.12 Å². The summed E-state index contributed by atoms with van der Waals surface area (Å²) in [5.41, 5.74) is 0.377. The fourth-order valence-electron chi connectivity index (χ4n) is 0.944. The second kappa shape index (κ2) is 5.59. The summed E-state index contributed by atoms with van der Waals surface area (Å²) in [4.78, 5) is 3.99. The maximum Gasteiger partial charge on any atom is 0.490 e. The number of methoxy groups -OCH3 is 1. The molecule has 1 aromatic heterocycles. The predicted molar refractivity (Wildman–Crippen MR) is 54.4 cm³/mol. The van der Waals surface area contributed by atoms with Gasteiger partial charge in [-0.15, -0.1) is 0 Å². The van der Waals surface area contributed by atoms with Crippen LogP contribution in [0.5, 0.6) is 0 Å². The molecule has 0 aliphatic carbocycles. The number of hydrogen-bond acceptors (Lipinski definition) is 5. The minimum absolute atomic E-state index is 0.377. The predicted octanol–water partition coefficient (Wildman–Crippen LogP) is -1.18. The van der Waals surface area contributed by atoms with Crippen LogP contribution in [0.4, 0.5) is 5.82 Å². The van der Waals surface area contributed by atoms with Crippen LogP contribution in [0.1, 0.15) is 0 Å². The minimum Gasteiger partial charge on any atom is -0.423 e. The highest BCUT2D eigenvalue weighted by Gasteiger charge is 2.10. The highest BCUT2D eigenvalue weighted by atomic mass is 16.5. The lowest BCUT2D eigenvalue weighted by Gasteiger charge is -2.05. The third-order valence-electron chi connectivity index (χ3n) is 1.70. The largest absolute Gasteiger partial charge is 0.490 e. The van der Waals surface area contributed by atoms with Gasteiger partial charge >= 0.3 is 7.12 Å². The number of anilines is 1. The Bertz CT molecular complexity index is 266. The van der Waals surface area contributed by atoms with Gasteiger partial charge in [-0.25, -0.2) is 4.98 Å². The van der Waals surface area contributed by atoms with Gasteiger partial charge in [-0.3, -0.25) is 0 Å². The van der Waals surface area contributed by atoms with E-state index in [0.29, 0.717) is 24.4 Å². The van der Waals surface area contributed by atoms with E-state index in [0.717, 1.165) is 0 Å². The van der Waals surface area contributed by atoms with Gasteiger partial charge in [-0.05, 0) is 6.07 Å². The van der Waals surface area contributed by atoms with Crippen molar-refractivity contribution in [1.82, 2.24) is 4.98 Å². The summed E-state index contributed by atoms with van der Waals surface area (Å²) in [6, 6.07) is 3.29. The summed E-state index contributed by atoms with van der Waals surface area (Å²) in [6.45, 7) is 1.27. The van der Waals surface area contributed by atoms with Crippen molar-refractivity contribution in [3.63, 3.8) is 0 Å². The lowest BCUT2D eigenvalue weighted by molar-refractivity contribution is 0.210. The molecule has 0 aliphatic heterocycles. The van der Waals surface area contributed by atoms with Crippen molar-refractivity contribution in [2.45, 2.75) is 0 Å². The van der Waals surface area contributed by atoms with Crippen LogP contribution in [0, 0.1) is 0 Å². The van der Waals surface area contributed by atoms with Crippen molar-refractivity contribution in [1.29, 1.82) is 0 Å². The molecule has 0 bridgehead atoms. The van der Waals surface area contributed by atoms with E-state index in [-0.39, 0.29) is 0 Å². The smallest absolute Gasteiger partial charge is 0.423 e. The highest BCUT2D eigenvalue weighted by molar-refractivity contribution is 6.58. The summed E-state index contributed by atoms with van der Waals surface area (Å²) in [5, 5.41) is 20.6. The summed E-state index contributed by atoms with van der Waals surface area (Å²) in [6.07, 6.45) is 1.42. The molecule has 0 amide bonds. The Morgan fingerprint density at radius 1 is 1.50 bits per heavy atom. The lowest BCUT2D eigenvalue weighted by atomic mass is 9.82. The number of nitrogens with one attached hydrogen (secondary N) is 1. The van der Waals surface area contributed by atoms with Gasteiger partial charge in [0.15, 0.2) is 0 Å². The first kappa shape index (κ1) is 11.0. The number of nitrogens with zero attached hydrogens (tertiary/aromatic N) is 1. The zero-order valence-electron chi connectivity index (χ0n) is 7.97. The van der Waals surface area contributed by atoms with E-state index in [4.69, 9.17) is 14.8 Å². The van der Waals surface area contributed by atoms with Crippen LogP contribution in [0.15, 0.2) is 18.3 Å². The molecule has 5 nitrogen and oxygen atoms in total. The maximum absolute atomic E-state index is 8.80. The van der Waals surface area contributed by atoms with Crippen molar-refractivity contribution in [2.24, 2.45) is 0 Å². The van der Waals surface area contributed by atoms with Crippen molar-refractivity contribution < 1.29 is 14.8 Å². The second-order valence-electron chi connectivity index (χ2n) is 2.77. The molecule has 1 aromatic rings. The average Bonchev–Trinajstić information content (AvgIpc) is 2.19. The monoisotopic (exact) mass is 196 g/mol. The van der Waals surface area contributed by atoms with E-state index in [2.05, 4.69) is 10.3 Å². The van der Waals surface area contributed by atoms with Gasteiger partial charge in [-0.2, -0.15) is 0 Å². The second-order valence-corrected chi connectivity index (χ2v) is 2.77. The number of ether oxygens (including phenoxy) is 1. The quantitative estimate of drug-likeness (QED) is 0.408. The summed E-state index contributed by atoms with van der Waals surface area (Å²) in [7, 11) is 0.163. The lowest BCUT2D eigenvalue weighted by Crippen LogP contribution is -2.30. The van der Waals surface area contributed by atoms with Crippen LogP contribution >= 0.6 is 0 Å². The van der Waals surface area contributed by atoms with Crippen molar-refractivity contribution in [3.8, 4) is 0 Å². The van der Waals surface area contributed by atoms with Gasteiger partial charge in [0.25, 0.3) is 0 Å². The van der Waals surface area contributed by atoms with Gasteiger partial charge in [-0.1, -0.05) is 6.07 Å². The summed E-state index contributed by atoms with van der Waals surface area (Å²) < 4.78 is 4.86. The van der Waals surface area contributed by atoms with Crippen LogP contribution in [-0.4, -0.2) is 42.4 Å². The van der Waals surface area contributed by atoms with E-state index in [1.807, 2.05) is 0 Å². The van der Waals surface area contributed by atoms with Crippen LogP contribution in [0.25, 0.3) is 0 Å². The zero-order chi connectivity index (χ0) is 10.4.